The maximum absolute atomic E-state index is 15.2. The van der Waals surface area contributed by atoms with Crippen molar-refractivity contribution >= 4 is 117 Å². The van der Waals surface area contributed by atoms with Crippen LogP contribution >= 0.6 is 11.8 Å². The number of hydrogen-bond donors (Lipinski definition) is 25. The number of benzene rings is 4. The first-order chi connectivity index (χ1) is 57.8. The molecule has 0 unspecified atom stereocenters. The molecule has 41 heteroatoms. The fraction of sp³-hybridized carbons (Fsp3) is 0.438. The van der Waals surface area contributed by atoms with E-state index in [1.165, 1.54) is 36.4 Å². The van der Waals surface area contributed by atoms with Crippen LogP contribution in [0.3, 0.4) is 0 Å². The molecule has 13 amide bonds. The number of nitrogens with two attached hydrogens (primary N) is 5. The molecule has 0 radical (unpaired) electrons. The van der Waals surface area contributed by atoms with E-state index in [2.05, 4.69) is 89.4 Å². The van der Waals surface area contributed by atoms with Crippen LogP contribution in [0.4, 0.5) is 0 Å². The first-order valence-corrected chi connectivity index (χ1v) is 40.8. The number of aromatic nitrogens is 3. The van der Waals surface area contributed by atoms with Crippen LogP contribution in [-0.2, 0) is 99.2 Å². The van der Waals surface area contributed by atoms with E-state index in [9.17, 15) is 63.0 Å². The van der Waals surface area contributed by atoms with E-state index in [4.69, 9.17) is 39.5 Å². The number of rotatable bonds is 53. The number of nitrogens with zero attached hydrogens (tertiary/aromatic N) is 1. The molecule has 11 atom stereocenters. The minimum absolute atomic E-state index is 0.00531. The smallest absolute Gasteiger partial charge is 0.305 e. The number of imidazole rings is 1. The number of carbonyl (C=O) groups excluding carboxylic acids is 13. The standard InChI is InChI=1S/C80H112N24O16S/c1-45(2)67(104-77(119)60(36-48-25-27-51(105)28-26-48)99-68(110)53(82)21-12-13-30-81)78(120)98-57(29-33-121-3)69(111)93-43-65(107)95-62(38-50-41-88-44-94-50)75(117)101-59(35-47-18-8-5-9-19-47)73(115)96-56(24-15-32-90-80(86)87)72(114)102-61(37-49-40-91-54-22-11-10-20-52(49)54)74(116)103-63(39-66(108)109)76(118)97-55(23-14-31-89-79(84)85)71(113)100-58(70(112)92-42-64(83)106)34-46-16-6-4-7-17-46/h4-11,16-20,22,25-28,40-41,44-45,53,55-63,67,91,105H,12-15,21,23-24,29-39,42-43,81-82H2,1-3H3,(H2,83,106)(H,88,94)(H,92,112)(H,93,111)(H,95,107)(H,96,115)(H,97,118)(H,98,120)(H,99,110)(H,100,113)(H,101,117)(H,102,114)(H,103,116)(H,104,119)(H,108,109)(H4,84,85,89)(H4,86,87,90)/t53-,55-,56-,57-,58-,59-,60-,61+,62-,63-,67-/m0/s1. The number of thioether (sulfide) groups is 1. The summed E-state index contributed by atoms with van der Waals surface area (Å²) in [5, 5.41) is 72.7. The topological polar surface area (TPSA) is 670 Å². The monoisotopic (exact) mass is 1700 g/mol. The number of para-hydroxylation sites is 1. The predicted octanol–water partition coefficient (Wildman–Crippen LogP) is -3.46. The Morgan fingerprint density at radius 1 is 0.463 bits per heavy atom. The Hall–Kier alpha value is -13.2. The summed E-state index contributed by atoms with van der Waals surface area (Å²) in [4.78, 5) is 208. The molecule has 0 aliphatic rings. The van der Waals surface area contributed by atoms with Crippen LogP contribution in [0.1, 0.15) is 99.6 Å². The summed E-state index contributed by atoms with van der Waals surface area (Å²) in [7, 11) is 0. The summed E-state index contributed by atoms with van der Waals surface area (Å²) in [5.41, 5.74) is 31.2. The Morgan fingerprint density at radius 2 is 0.909 bits per heavy atom. The second-order valence-corrected chi connectivity index (χ2v) is 30.0. The number of phenols is 1. The molecule has 654 valence electrons. The highest BCUT2D eigenvalue weighted by Crippen LogP contribution is 2.21. The molecule has 0 aliphatic carbocycles. The number of aromatic hydroxyl groups is 1. The van der Waals surface area contributed by atoms with Gasteiger partial charge in [0.1, 0.15) is 66.2 Å². The van der Waals surface area contributed by atoms with Crippen molar-refractivity contribution in [3.05, 3.63) is 156 Å². The summed E-state index contributed by atoms with van der Waals surface area (Å²) in [6, 6.07) is 13.4. The first-order valence-electron chi connectivity index (χ1n) is 39.4. The Balaban J connectivity index is 1.25. The number of aliphatic carboxylic acids is 1. The SMILES string of the molecule is CSCC[C@H](NC(=O)[C@@H](NC(=O)[C@H](Cc1ccc(O)cc1)NC(=O)[C@@H](N)CCCCN)C(C)C)C(=O)NCC(=O)N[C@@H](Cc1c[nH]cn1)C(=O)N[C@@H](Cc1ccccc1)C(=O)N[C@@H](CCCNC(=N)N)C(=O)N[C@H](Cc1c[nH]c2ccccc12)C(=O)N[C@@H](CC(=O)O)C(=O)N[C@@H](CCCNC(=N)N)C(=O)N[C@@H](Cc1ccccc1)C(=O)NCC(N)=O. The number of guanidine groups is 2. The molecule has 0 saturated carbocycles. The van der Waals surface area contributed by atoms with Gasteiger partial charge in [0.15, 0.2) is 11.9 Å². The van der Waals surface area contributed by atoms with E-state index < -0.39 is 187 Å². The number of hydrogen-bond acceptors (Lipinski definition) is 21. The molecule has 30 N–H and O–H groups in total. The molecule has 6 aromatic rings. The summed E-state index contributed by atoms with van der Waals surface area (Å²) in [6.07, 6.45) is 4.92. The van der Waals surface area contributed by atoms with Gasteiger partial charge in [0.2, 0.25) is 76.8 Å². The average Bonchev–Trinajstić information content (AvgIpc) is 1.68. The number of carboxylic acids is 1. The van der Waals surface area contributed by atoms with Crippen molar-refractivity contribution in [1.82, 2.24) is 89.4 Å². The van der Waals surface area contributed by atoms with Crippen LogP contribution in [0.5, 0.6) is 5.75 Å². The number of carbonyl (C=O) groups is 14. The van der Waals surface area contributed by atoms with E-state index >= 15 is 14.4 Å². The Morgan fingerprint density at radius 3 is 1.42 bits per heavy atom. The molecule has 6 rings (SSSR count). The van der Waals surface area contributed by atoms with Gasteiger partial charge in [0.05, 0.1) is 37.6 Å². The molecule has 2 aromatic heterocycles. The number of H-pyrrole nitrogens is 2. The number of phenolic OH excluding ortho intramolecular Hbond substituents is 1. The molecule has 2 heterocycles. The van der Waals surface area contributed by atoms with Crippen LogP contribution in [0.25, 0.3) is 10.9 Å². The van der Waals surface area contributed by atoms with E-state index in [1.54, 1.807) is 123 Å². The second-order valence-electron chi connectivity index (χ2n) is 29.1. The molecule has 4 aromatic carbocycles. The van der Waals surface area contributed by atoms with Crippen LogP contribution in [0.15, 0.2) is 128 Å². The molecule has 0 bridgehead atoms. The van der Waals surface area contributed by atoms with Gasteiger partial charge in [0, 0.05) is 68.5 Å². The Kier molecular flexibility index (Phi) is 40.4. The lowest BCUT2D eigenvalue weighted by Crippen LogP contribution is -2.61. The lowest BCUT2D eigenvalue weighted by Gasteiger charge is -2.28. The van der Waals surface area contributed by atoms with Crippen LogP contribution in [-0.4, -0.2) is 231 Å². The number of primary amides is 1. The lowest BCUT2D eigenvalue weighted by atomic mass is 10.00. The highest BCUT2D eigenvalue weighted by atomic mass is 32.2. The molecular weight excluding hydrogens is 1590 g/mol. The van der Waals surface area contributed by atoms with Crippen molar-refractivity contribution in [1.29, 1.82) is 10.8 Å². The molecular formula is C80H112N24O16S. The highest BCUT2D eigenvalue weighted by Gasteiger charge is 2.38. The fourth-order valence-corrected chi connectivity index (χ4v) is 13.1. The third-order valence-corrected chi connectivity index (χ3v) is 19.7. The van der Waals surface area contributed by atoms with Crippen LogP contribution in [0, 0.1) is 16.7 Å². The highest BCUT2D eigenvalue weighted by molar-refractivity contribution is 7.98. The van der Waals surface area contributed by atoms with Gasteiger partial charge in [0.25, 0.3) is 0 Å². The van der Waals surface area contributed by atoms with Crippen LogP contribution in [0.2, 0.25) is 0 Å². The van der Waals surface area contributed by atoms with E-state index in [1.807, 2.05) is 0 Å². The molecule has 0 fully saturated rings. The summed E-state index contributed by atoms with van der Waals surface area (Å²) in [6.45, 7) is 2.29. The van der Waals surface area contributed by atoms with Crippen molar-refractivity contribution in [2.75, 3.05) is 44.7 Å². The van der Waals surface area contributed by atoms with Crippen molar-refractivity contribution in [3.63, 3.8) is 0 Å². The third kappa shape index (κ3) is 34.4. The van der Waals surface area contributed by atoms with Gasteiger partial charge in [-0.25, -0.2) is 4.98 Å². The minimum Gasteiger partial charge on any atom is -0.508 e. The zero-order valence-electron chi connectivity index (χ0n) is 67.5. The maximum atomic E-state index is 15.2. The molecule has 0 spiro atoms. The molecule has 121 heavy (non-hydrogen) atoms. The van der Waals surface area contributed by atoms with Gasteiger partial charge in [-0.05, 0) is 110 Å². The van der Waals surface area contributed by atoms with Crippen molar-refractivity contribution in [2.45, 2.75) is 170 Å². The number of nitrogens with one attached hydrogen (secondary N) is 18. The molecule has 0 saturated heterocycles. The molecule has 0 aliphatic heterocycles. The lowest BCUT2D eigenvalue weighted by molar-refractivity contribution is -0.141. The van der Waals surface area contributed by atoms with Gasteiger partial charge in [-0.1, -0.05) is 111 Å². The number of amides is 13. The second kappa shape index (κ2) is 50.6. The van der Waals surface area contributed by atoms with E-state index in [-0.39, 0.29) is 95.2 Å². The number of aromatic amines is 2. The summed E-state index contributed by atoms with van der Waals surface area (Å²) >= 11 is 1.35. The number of carboxylic acid groups (broad SMARTS) is 1. The maximum Gasteiger partial charge on any atom is 0.305 e. The Bertz CT molecular complexity index is 4470. The van der Waals surface area contributed by atoms with Gasteiger partial charge in [-0.15, -0.1) is 0 Å². The quantitative estimate of drug-likeness (QED) is 0.0100. The van der Waals surface area contributed by atoms with Crippen molar-refractivity contribution in [3.8, 4) is 5.75 Å². The van der Waals surface area contributed by atoms with Gasteiger partial charge < -0.3 is 123 Å². The van der Waals surface area contributed by atoms with Crippen molar-refractivity contribution in [2.24, 2.45) is 34.6 Å². The van der Waals surface area contributed by atoms with Crippen molar-refractivity contribution < 1.29 is 77.3 Å². The van der Waals surface area contributed by atoms with Gasteiger partial charge in [-0.3, -0.25) is 77.9 Å². The van der Waals surface area contributed by atoms with Gasteiger partial charge in [-0.2, -0.15) is 11.8 Å². The number of fused-ring (bicyclic) bond motifs is 1. The summed E-state index contributed by atoms with van der Waals surface area (Å²) in [5.74, 6) is -14.7. The Labute approximate surface area is 702 Å². The normalized spacial score (nSPS) is 13.8. The third-order valence-electron chi connectivity index (χ3n) is 19.1. The summed E-state index contributed by atoms with van der Waals surface area (Å²) < 4.78 is 0. The fourth-order valence-electron chi connectivity index (χ4n) is 12.7. The zero-order valence-corrected chi connectivity index (χ0v) is 68.4. The average molecular weight is 1700 g/mol. The first kappa shape index (κ1) is 96.7. The van der Waals surface area contributed by atoms with Gasteiger partial charge >= 0.3 is 5.97 Å². The van der Waals surface area contributed by atoms with E-state index in [0.717, 1.165) is 0 Å². The van der Waals surface area contributed by atoms with E-state index in [0.29, 0.717) is 58.3 Å². The predicted molar refractivity (Wildman–Crippen MR) is 450 cm³/mol. The number of unbranched alkanes of at least 4 members (excludes halogenated alkanes) is 1. The zero-order chi connectivity index (χ0) is 88.5. The minimum atomic E-state index is -2.00. The molecule has 40 nitrogen and oxygen atoms in total. The largest absolute Gasteiger partial charge is 0.508 e. The van der Waals surface area contributed by atoms with Crippen LogP contribution < -0.4 is 103 Å².